The molecule has 0 saturated carbocycles. The van der Waals surface area contributed by atoms with Gasteiger partial charge in [-0.15, -0.1) is 0 Å². The number of rotatable bonds is 15. The first-order chi connectivity index (χ1) is 12.3. The van der Waals surface area contributed by atoms with Crippen molar-refractivity contribution in [3.63, 3.8) is 0 Å². The third kappa shape index (κ3) is 11.2. The van der Waals surface area contributed by atoms with Gasteiger partial charge in [0, 0.05) is 19.4 Å². The summed E-state index contributed by atoms with van der Waals surface area (Å²) in [5, 5.41) is 0. The molecular weight excluding hydrogens is 310 g/mol. The lowest BCUT2D eigenvalue weighted by atomic mass is 10.1. The highest BCUT2D eigenvalue weighted by atomic mass is 16.2. The number of carbonyl (C=O) groups excluding carboxylic acids is 2. The molecule has 0 aromatic rings. The molecule has 1 aliphatic rings. The van der Waals surface area contributed by atoms with Gasteiger partial charge in [-0.2, -0.15) is 0 Å². The van der Waals surface area contributed by atoms with Gasteiger partial charge in [0.15, 0.2) is 0 Å². The molecule has 144 valence electrons. The number of likely N-dealkylation sites (tertiary alicyclic amines) is 1. The van der Waals surface area contributed by atoms with E-state index in [1.807, 2.05) is 0 Å². The average Bonchev–Trinajstić information content (AvgIpc) is 3.04. The molecule has 1 rings (SSSR count). The minimum atomic E-state index is 0.0257. The van der Waals surface area contributed by atoms with Gasteiger partial charge < -0.3 is 0 Å². The van der Waals surface area contributed by atoms with Crippen LogP contribution in [-0.4, -0.2) is 23.3 Å². The van der Waals surface area contributed by atoms with Crippen molar-refractivity contribution in [2.75, 3.05) is 6.54 Å². The average molecular weight is 350 g/mol. The molecule has 1 fully saturated rings. The Kier molecular flexibility index (Phi) is 13.3. The number of hydrogen-bond acceptors (Lipinski definition) is 2. The summed E-state index contributed by atoms with van der Waals surface area (Å²) in [6, 6.07) is 0. The van der Waals surface area contributed by atoms with E-state index < -0.39 is 0 Å². The van der Waals surface area contributed by atoms with Crippen LogP contribution in [0, 0.1) is 0 Å². The molecule has 3 nitrogen and oxygen atoms in total. The van der Waals surface area contributed by atoms with E-state index in [1.54, 1.807) is 0 Å². The topological polar surface area (TPSA) is 37.4 Å². The smallest absolute Gasteiger partial charge is 0.229 e. The Bertz CT molecular complexity index is 389. The second-order valence-electron chi connectivity index (χ2n) is 7.38. The van der Waals surface area contributed by atoms with E-state index in [0.717, 1.165) is 19.3 Å². The predicted molar refractivity (Wildman–Crippen MR) is 105 cm³/mol. The van der Waals surface area contributed by atoms with Crippen molar-refractivity contribution in [3.05, 3.63) is 12.2 Å². The lowest BCUT2D eigenvalue weighted by Gasteiger charge is -2.12. The fourth-order valence-electron chi connectivity index (χ4n) is 3.39. The molecule has 0 aliphatic carbocycles. The first kappa shape index (κ1) is 21.9. The van der Waals surface area contributed by atoms with Crippen molar-refractivity contribution >= 4 is 11.8 Å². The molecule has 1 aliphatic heterocycles. The highest BCUT2D eigenvalue weighted by Gasteiger charge is 2.25. The largest absolute Gasteiger partial charge is 0.283 e. The number of nitrogens with zero attached hydrogens (tertiary/aromatic N) is 1. The van der Waals surface area contributed by atoms with Gasteiger partial charge in [-0.25, -0.2) is 0 Å². The first-order valence-electron chi connectivity index (χ1n) is 10.7. The fourth-order valence-corrected chi connectivity index (χ4v) is 3.39. The van der Waals surface area contributed by atoms with Crippen LogP contribution in [0.15, 0.2) is 12.2 Å². The van der Waals surface area contributed by atoms with Crippen LogP contribution in [0.3, 0.4) is 0 Å². The number of carbonyl (C=O) groups is 2. The van der Waals surface area contributed by atoms with Gasteiger partial charge in [0.25, 0.3) is 0 Å². The van der Waals surface area contributed by atoms with Gasteiger partial charge in [-0.3, -0.25) is 14.5 Å². The summed E-state index contributed by atoms with van der Waals surface area (Å²) in [5.41, 5.74) is 0. The van der Waals surface area contributed by atoms with E-state index in [9.17, 15) is 9.59 Å². The standard InChI is InChI=1S/C22H39NO2/c1-2-3-4-5-6-7-8-9-10-11-12-13-14-15-16-18-21(24)23-20-17-19-22(23)25/h9-10H,2-8,11-20H2,1H3. The quantitative estimate of drug-likeness (QED) is 0.262. The fraction of sp³-hybridized carbons (Fsp3) is 0.818. The zero-order chi connectivity index (χ0) is 18.2. The zero-order valence-corrected chi connectivity index (χ0v) is 16.4. The van der Waals surface area contributed by atoms with E-state index in [-0.39, 0.29) is 11.8 Å². The highest BCUT2D eigenvalue weighted by Crippen LogP contribution is 2.14. The summed E-state index contributed by atoms with van der Waals surface area (Å²) in [6.45, 7) is 2.90. The third-order valence-corrected chi connectivity index (χ3v) is 5.03. The van der Waals surface area contributed by atoms with Crippen molar-refractivity contribution in [1.29, 1.82) is 0 Å². The lowest BCUT2D eigenvalue weighted by molar-refractivity contribution is -0.141. The van der Waals surface area contributed by atoms with Crippen LogP contribution in [0.25, 0.3) is 0 Å². The summed E-state index contributed by atoms with van der Waals surface area (Å²) in [7, 11) is 0. The number of hydrogen-bond donors (Lipinski definition) is 0. The van der Waals surface area contributed by atoms with Crippen LogP contribution in [0.5, 0.6) is 0 Å². The Morgan fingerprint density at radius 3 is 2.00 bits per heavy atom. The van der Waals surface area contributed by atoms with Crippen LogP contribution < -0.4 is 0 Å². The Balaban J connectivity index is 1.82. The molecule has 0 atom stereocenters. The Labute approximate surface area is 155 Å². The van der Waals surface area contributed by atoms with E-state index >= 15 is 0 Å². The molecular formula is C22H39NO2. The summed E-state index contributed by atoms with van der Waals surface area (Å²) >= 11 is 0. The number of allylic oxidation sites excluding steroid dienone is 2. The summed E-state index contributed by atoms with van der Waals surface area (Å²) in [6.07, 6.45) is 23.0. The van der Waals surface area contributed by atoms with E-state index in [2.05, 4.69) is 19.1 Å². The minimum absolute atomic E-state index is 0.0257. The van der Waals surface area contributed by atoms with Crippen molar-refractivity contribution in [2.24, 2.45) is 0 Å². The second-order valence-corrected chi connectivity index (χ2v) is 7.38. The zero-order valence-electron chi connectivity index (χ0n) is 16.4. The Hall–Kier alpha value is -1.12. The SMILES string of the molecule is CCCCCCCCC=CCCCCCCCC(=O)N1CCCC1=O. The molecule has 25 heavy (non-hydrogen) atoms. The van der Waals surface area contributed by atoms with Crippen molar-refractivity contribution in [1.82, 2.24) is 4.90 Å². The molecule has 2 amide bonds. The van der Waals surface area contributed by atoms with Crippen LogP contribution >= 0.6 is 0 Å². The van der Waals surface area contributed by atoms with Gasteiger partial charge in [0.05, 0.1) is 0 Å². The second kappa shape index (κ2) is 15.2. The molecule has 0 N–H and O–H groups in total. The van der Waals surface area contributed by atoms with E-state index in [1.165, 1.54) is 75.5 Å². The van der Waals surface area contributed by atoms with Crippen LogP contribution in [0.2, 0.25) is 0 Å². The summed E-state index contributed by atoms with van der Waals surface area (Å²) in [4.78, 5) is 24.8. The molecule has 3 heteroatoms. The Morgan fingerprint density at radius 1 is 0.880 bits per heavy atom. The van der Waals surface area contributed by atoms with Crippen LogP contribution in [0.4, 0.5) is 0 Å². The first-order valence-corrected chi connectivity index (χ1v) is 10.7. The molecule has 1 saturated heterocycles. The van der Waals surface area contributed by atoms with Gasteiger partial charge >= 0.3 is 0 Å². The Morgan fingerprint density at radius 2 is 1.44 bits per heavy atom. The maximum atomic E-state index is 11.9. The lowest BCUT2D eigenvalue weighted by Crippen LogP contribution is -2.31. The monoisotopic (exact) mass is 349 g/mol. The van der Waals surface area contributed by atoms with Gasteiger partial charge in [-0.05, 0) is 38.5 Å². The number of amides is 2. The predicted octanol–water partition coefficient (Wildman–Crippen LogP) is 6.17. The molecule has 0 aromatic heterocycles. The molecule has 0 aromatic carbocycles. The number of imide groups is 1. The minimum Gasteiger partial charge on any atom is -0.283 e. The third-order valence-electron chi connectivity index (χ3n) is 5.03. The summed E-state index contributed by atoms with van der Waals surface area (Å²) in [5.74, 6) is 0.0675. The maximum absolute atomic E-state index is 11.9. The molecule has 0 unspecified atom stereocenters. The van der Waals surface area contributed by atoms with E-state index in [0.29, 0.717) is 19.4 Å². The number of unbranched alkanes of at least 4 members (excludes halogenated alkanes) is 11. The normalized spacial score (nSPS) is 14.8. The maximum Gasteiger partial charge on any atom is 0.229 e. The van der Waals surface area contributed by atoms with Crippen LogP contribution in [-0.2, 0) is 9.59 Å². The molecule has 0 bridgehead atoms. The van der Waals surface area contributed by atoms with Crippen molar-refractivity contribution < 1.29 is 9.59 Å². The van der Waals surface area contributed by atoms with Gasteiger partial charge in [-0.1, -0.05) is 70.4 Å². The molecule has 1 heterocycles. The van der Waals surface area contributed by atoms with E-state index in [4.69, 9.17) is 0 Å². The van der Waals surface area contributed by atoms with Gasteiger partial charge in [0.2, 0.25) is 11.8 Å². The van der Waals surface area contributed by atoms with Crippen molar-refractivity contribution in [3.8, 4) is 0 Å². The highest BCUT2D eigenvalue weighted by molar-refractivity contribution is 5.96. The molecule has 0 radical (unpaired) electrons. The molecule has 0 spiro atoms. The van der Waals surface area contributed by atoms with Crippen molar-refractivity contribution in [2.45, 2.75) is 110 Å². The van der Waals surface area contributed by atoms with Gasteiger partial charge in [0.1, 0.15) is 0 Å². The van der Waals surface area contributed by atoms with Crippen LogP contribution in [0.1, 0.15) is 110 Å². The summed E-state index contributed by atoms with van der Waals surface area (Å²) < 4.78 is 0.